The van der Waals surface area contributed by atoms with Gasteiger partial charge in [0, 0.05) is 11.6 Å². The number of benzene rings is 1. The van der Waals surface area contributed by atoms with Gasteiger partial charge in [0.05, 0.1) is 18.7 Å². The molecule has 0 saturated carbocycles. The van der Waals surface area contributed by atoms with Gasteiger partial charge >= 0.3 is 5.97 Å². The van der Waals surface area contributed by atoms with E-state index in [4.69, 9.17) is 31.5 Å². The van der Waals surface area contributed by atoms with Crippen LogP contribution in [0.1, 0.15) is 17.4 Å². The number of esters is 1. The second-order valence-corrected chi connectivity index (χ2v) is 4.89. The molecule has 24 heavy (non-hydrogen) atoms. The highest BCUT2D eigenvalue weighted by Gasteiger charge is 2.23. The third-order valence-electron chi connectivity index (χ3n) is 2.90. The minimum absolute atomic E-state index is 0.00777. The fraction of sp³-hybridized carbons (Fsp3) is 0.286. The number of hydrogen-bond acceptors (Lipinski definition) is 7. The van der Waals surface area contributed by atoms with Crippen molar-refractivity contribution >= 4 is 23.5 Å². The maximum atomic E-state index is 11.9. The molecule has 0 aliphatic rings. The molecular formula is C14H15ClN4O5. The summed E-state index contributed by atoms with van der Waals surface area (Å²) in [6.45, 7) is 1.55. The zero-order valence-corrected chi connectivity index (χ0v) is 13.7. The van der Waals surface area contributed by atoms with Crippen LogP contribution in [-0.4, -0.2) is 47.6 Å². The molecule has 1 heterocycles. The standard InChI is InChI=1S/C14H15ClN4O5/c1-3-23-14(21)13-12(17-19-18-13)7-4-9(22-2)10(5-8(7)15)24-6-11(16)20/h4-5H,3,6H2,1-2H3,(H2,16,20)(H,17,18,19). The summed E-state index contributed by atoms with van der Waals surface area (Å²) in [5.74, 6) is -0.761. The average Bonchev–Trinajstić information content (AvgIpc) is 3.02. The normalized spacial score (nSPS) is 10.3. The zero-order valence-electron chi connectivity index (χ0n) is 13.0. The molecule has 2 aromatic rings. The third-order valence-corrected chi connectivity index (χ3v) is 3.21. The Kier molecular flexibility index (Phi) is 5.59. The highest BCUT2D eigenvalue weighted by molar-refractivity contribution is 6.33. The van der Waals surface area contributed by atoms with Crippen molar-refractivity contribution in [1.82, 2.24) is 15.4 Å². The van der Waals surface area contributed by atoms with E-state index in [1.807, 2.05) is 0 Å². The Morgan fingerprint density at radius 3 is 2.67 bits per heavy atom. The summed E-state index contributed by atoms with van der Waals surface area (Å²) in [5.41, 5.74) is 5.63. The number of nitrogens with one attached hydrogen (secondary N) is 1. The lowest BCUT2D eigenvalue weighted by Gasteiger charge is -2.12. The molecular weight excluding hydrogens is 340 g/mol. The van der Waals surface area contributed by atoms with Gasteiger partial charge in [-0.15, -0.1) is 5.10 Å². The van der Waals surface area contributed by atoms with Gasteiger partial charge in [-0.1, -0.05) is 11.6 Å². The summed E-state index contributed by atoms with van der Waals surface area (Å²) in [7, 11) is 1.42. The quantitative estimate of drug-likeness (QED) is 0.714. The number of nitrogens with two attached hydrogens (primary N) is 1. The van der Waals surface area contributed by atoms with E-state index in [1.54, 1.807) is 6.92 Å². The maximum absolute atomic E-state index is 11.9. The van der Waals surface area contributed by atoms with Gasteiger partial charge < -0.3 is 19.9 Å². The predicted octanol–water partition coefficient (Wildman–Crippen LogP) is 1.17. The largest absolute Gasteiger partial charge is 0.493 e. The molecule has 0 bridgehead atoms. The van der Waals surface area contributed by atoms with Crippen molar-refractivity contribution < 1.29 is 23.8 Å². The second kappa shape index (κ2) is 7.64. The Bertz CT molecular complexity index is 762. The first-order chi connectivity index (χ1) is 11.5. The van der Waals surface area contributed by atoms with Crippen molar-refractivity contribution in [3.63, 3.8) is 0 Å². The van der Waals surface area contributed by atoms with E-state index in [1.165, 1.54) is 19.2 Å². The number of carbonyl (C=O) groups excluding carboxylic acids is 2. The van der Waals surface area contributed by atoms with Crippen LogP contribution >= 0.6 is 11.6 Å². The van der Waals surface area contributed by atoms with Crippen LogP contribution in [-0.2, 0) is 9.53 Å². The molecule has 0 aliphatic carbocycles. The van der Waals surface area contributed by atoms with Crippen LogP contribution < -0.4 is 15.2 Å². The minimum Gasteiger partial charge on any atom is -0.493 e. The van der Waals surface area contributed by atoms with Crippen LogP contribution in [0.3, 0.4) is 0 Å². The van der Waals surface area contributed by atoms with Gasteiger partial charge in [-0.3, -0.25) is 4.79 Å². The summed E-state index contributed by atoms with van der Waals surface area (Å²) >= 11 is 6.23. The molecule has 0 aliphatic heterocycles. The maximum Gasteiger partial charge on any atom is 0.361 e. The number of halogens is 1. The van der Waals surface area contributed by atoms with Crippen LogP contribution in [0.25, 0.3) is 11.3 Å². The lowest BCUT2D eigenvalue weighted by Crippen LogP contribution is -2.20. The summed E-state index contributed by atoms with van der Waals surface area (Å²) in [4.78, 5) is 22.8. The molecule has 9 nitrogen and oxygen atoms in total. The van der Waals surface area contributed by atoms with Gasteiger partial charge in [0.1, 0.15) is 5.69 Å². The number of aromatic nitrogens is 3. The molecule has 0 unspecified atom stereocenters. The molecule has 1 amide bonds. The van der Waals surface area contributed by atoms with Crippen LogP contribution in [0.15, 0.2) is 12.1 Å². The predicted molar refractivity (Wildman–Crippen MR) is 84.0 cm³/mol. The number of ether oxygens (including phenoxy) is 3. The second-order valence-electron chi connectivity index (χ2n) is 4.48. The summed E-state index contributed by atoms with van der Waals surface area (Å²) in [6.07, 6.45) is 0. The Morgan fingerprint density at radius 1 is 1.29 bits per heavy atom. The number of nitrogens with zero attached hydrogens (tertiary/aromatic N) is 2. The van der Waals surface area contributed by atoms with Crippen molar-refractivity contribution in [1.29, 1.82) is 0 Å². The van der Waals surface area contributed by atoms with Crippen LogP contribution in [0.5, 0.6) is 11.5 Å². The third kappa shape index (κ3) is 3.74. The van der Waals surface area contributed by atoms with Gasteiger partial charge in [-0.2, -0.15) is 10.3 Å². The first kappa shape index (κ1) is 17.5. The Hall–Kier alpha value is -2.81. The molecule has 0 fully saturated rings. The van der Waals surface area contributed by atoms with E-state index in [-0.39, 0.29) is 41.1 Å². The Labute approximate surface area is 142 Å². The summed E-state index contributed by atoms with van der Waals surface area (Å²) < 4.78 is 15.4. The molecule has 1 aromatic carbocycles. The lowest BCUT2D eigenvalue weighted by molar-refractivity contribution is -0.119. The number of carbonyl (C=O) groups is 2. The van der Waals surface area contributed by atoms with Gasteiger partial charge in [0.2, 0.25) is 0 Å². The van der Waals surface area contributed by atoms with Gasteiger partial charge in [-0.05, 0) is 13.0 Å². The number of amides is 1. The molecule has 10 heteroatoms. The van der Waals surface area contributed by atoms with E-state index < -0.39 is 11.9 Å². The van der Waals surface area contributed by atoms with Gasteiger partial charge in [0.15, 0.2) is 23.8 Å². The number of methoxy groups -OCH3 is 1. The van der Waals surface area contributed by atoms with Crippen molar-refractivity contribution in [2.75, 3.05) is 20.3 Å². The van der Waals surface area contributed by atoms with Crippen LogP contribution in [0.4, 0.5) is 0 Å². The summed E-state index contributed by atoms with van der Waals surface area (Å²) in [5, 5.41) is 10.3. The molecule has 0 spiro atoms. The average molecular weight is 355 g/mol. The molecule has 3 N–H and O–H groups in total. The van der Waals surface area contributed by atoms with Crippen molar-refractivity contribution in [3.05, 3.63) is 22.8 Å². The first-order valence-electron chi connectivity index (χ1n) is 6.84. The molecule has 1 aromatic heterocycles. The van der Waals surface area contributed by atoms with E-state index >= 15 is 0 Å². The lowest BCUT2D eigenvalue weighted by atomic mass is 10.1. The van der Waals surface area contributed by atoms with Gasteiger partial charge in [0.25, 0.3) is 5.91 Å². The SMILES string of the molecule is CCOC(=O)c1n[nH]nc1-c1cc(OC)c(OCC(N)=O)cc1Cl. The monoisotopic (exact) mass is 354 g/mol. The van der Waals surface area contributed by atoms with Crippen molar-refractivity contribution in [2.24, 2.45) is 5.73 Å². The molecule has 0 atom stereocenters. The smallest absolute Gasteiger partial charge is 0.361 e. The van der Waals surface area contributed by atoms with Crippen LogP contribution in [0, 0.1) is 0 Å². The first-order valence-corrected chi connectivity index (χ1v) is 7.22. The number of rotatable bonds is 7. The fourth-order valence-electron chi connectivity index (χ4n) is 1.90. The molecule has 0 saturated heterocycles. The summed E-state index contributed by atoms with van der Waals surface area (Å²) in [6, 6.07) is 2.95. The van der Waals surface area contributed by atoms with Gasteiger partial charge in [-0.25, -0.2) is 4.79 Å². The van der Waals surface area contributed by atoms with E-state index in [9.17, 15) is 9.59 Å². The van der Waals surface area contributed by atoms with Crippen molar-refractivity contribution in [3.8, 4) is 22.8 Å². The Balaban J connectivity index is 2.43. The number of primary amides is 1. The number of aromatic amines is 1. The van der Waals surface area contributed by atoms with Crippen LogP contribution in [0.2, 0.25) is 5.02 Å². The Morgan fingerprint density at radius 2 is 2.04 bits per heavy atom. The fourth-order valence-corrected chi connectivity index (χ4v) is 2.14. The van der Waals surface area contributed by atoms with E-state index in [0.29, 0.717) is 5.56 Å². The van der Waals surface area contributed by atoms with Crippen molar-refractivity contribution in [2.45, 2.75) is 6.92 Å². The molecule has 128 valence electrons. The highest BCUT2D eigenvalue weighted by atomic mass is 35.5. The highest BCUT2D eigenvalue weighted by Crippen LogP contribution is 2.38. The topological polar surface area (TPSA) is 129 Å². The number of H-pyrrole nitrogens is 1. The molecule has 0 radical (unpaired) electrons. The zero-order chi connectivity index (χ0) is 17.7. The van der Waals surface area contributed by atoms with E-state index in [0.717, 1.165) is 0 Å². The number of hydrogen-bond donors (Lipinski definition) is 2. The molecule has 2 rings (SSSR count). The van der Waals surface area contributed by atoms with E-state index in [2.05, 4.69) is 15.4 Å². The minimum atomic E-state index is -0.640.